The number of fused-ring (bicyclic) bond motifs is 6. The molecule has 1 saturated carbocycles. The van der Waals surface area contributed by atoms with Crippen molar-refractivity contribution in [3.8, 4) is 5.69 Å². The molecule has 1 aromatic heterocycles. The summed E-state index contributed by atoms with van der Waals surface area (Å²) in [5, 5.41) is 7.60. The Balaban J connectivity index is 1.45. The van der Waals surface area contributed by atoms with Gasteiger partial charge in [-0.2, -0.15) is 0 Å². The predicted molar refractivity (Wildman–Crippen MR) is 106 cm³/mol. The summed E-state index contributed by atoms with van der Waals surface area (Å²) in [7, 11) is 0. The van der Waals surface area contributed by atoms with Gasteiger partial charge in [0.1, 0.15) is 12.4 Å². The second-order valence-corrected chi connectivity index (χ2v) is 7.89. The predicted octanol–water partition coefficient (Wildman–Crippen LogP) is 1.31. The SMILES string of the molecule is C[C@H]1CCCC[C@H]1NC(=O)Cn1nc2n(c1=O)-c1ccccc1C1=NCCN12. The molecule has 1 aliphatic carbocycles. The molecule has 2 atom stereocenters. The quantitative estimate of drug-likeness (QED) is 0.870. The summed E-state index contributed by atoms with van der Waals surface area (Å²) in [4.78, 5) is 32.2. The molecule has 3 aliphatic rings. The number of hydrogen-bond donors (Lipinski definition) is 1. The van der Waals surface area contributed by atoms with E-state index in [1.807, 2.05) is 29.2 Å². The lowest BCUT2D eigenvalue weighted by molar-refractivity contribution is -0.123. The van der Waals surface area contributed by atoms with Crippen LogP contribution in [0.4, 0.5) is 5.95 Å². The summed E-state index contributed by atoms with van der Waals surface area (Å²) >= 11 is 0. The lowest BCUT2D eigenvalue weighted by atomic mass is 9.86. The molecule has 8 nitrogen and oxygen atoms in total. The second kappa shape index (κ2) is 6.61. The molecule has 1 N–H and O–H groups in total. The van der Waals surface area contributed by atoms with E-state index in [1.165, 1.54) is 11.1 Å². The van der Waals surface area contributed by atoms with E-state index < -0.39 is 0 Å². The molecule has 0 saturated heterocycles. The highest BCUT2D eigenvalue weighted by molar-refractivity contribution is 6.14. The van der Waals surface area contributed by atoms with E-state index in [4.69, 9.17) is 0 Å². The van der Waals surface area contributed by atoms with Gasteiger partial charge in [0.25, 0.3) is 0 Å². The van der Waals surface area contributed by atoms with Crippen LogP contribution >= 0.6 is 0 Å². The van der Waals surface area contributed by atoms with Crippen LogP contribution in [0.3, 0.4) is 0 Å². The van der Waals surface area contributed by atoms with Gasteiger partial charge in [-0.05, 0) is 30.9 Å². The maximum absolute atomic E-state index is 13.1. The monoisotopic (exact) mass is 380 g/mol. The van der Waals surface area contributed by atoms with Gasteiger partial charge in [-0.1, -0.05) is 31.9 Å². The molecule has 0 spiro atoms. The number of para-hydroxylation sites is 1. The maximum atomic E-state index is 13.1. The Morgan fingerprint density at radius 3 is 2.93 bits per heavy atom. The molecule has 1 fully saturated rings. The Bertz CT molecular complexity index is 1020. The van der Waals surface area contributed by atoms with Crippen molar-refractivity contribution in [2.75, 3.05) is 18.0 Å². The van der Waals surface area contributed by atoms with E-state index in [2.05, 4.69) is 22.3 Å². The van der Waals surface area contributed by atoms with Crippen LogP contribution in [-0.4, -0.2) is 45.2 Å². The average molecular weight is 380 g/mol. The molecule has 28 heavy (non-hydrogen) atoms. The van der Waals surface area contributed by atoms with Crippen molar-refractivity contribution in [1.82, 2.24) is 19.7 Å². The summed E-state index contributed by atoms with van der Waals surface area (Å²) in [6, 6.07) is 7.89. The molecular formula is C20H24N6O2. The van der Waals surface area contributed by atoms with Crippen molar-refractivity contribution in [3.05, 3.63) is 40.3 Å². The molecule has 1 amide bonds. The minimum absolute atomic E-state index is 0.0649. The van der Waals surface area contributed by atoms with Crippen LogP contribution in [0.2, 0.25) is 0 Å². The summed E-state index contributed by atoms with van der Waals surface area (Å²) in [6.45, 7) is 3.47. The molecule has 2 aromatic rings. The van der Waals surface area contributed by atoms with Crippen LogP contribution in [0.25, 0.3) is 5.69 Å². The van der Waals surface area contributed by atoms with Crippen molar-refractivity contribution in [2.24, 2.45) is 10.9 Å². The van der Waals surface area contributed by atoms with Crippen molar-refractivity contribution < 1.29 is 4.79 Å². The van der Waals surface area contributed by atoms with Crippen LogP contribution < -0.4 is 15.9 Å². The maximum Gasteiger partial charge on any atom is 0.352 e. The average Bonchev–Trinajstić information content (AvgIpc) is 3.30. The first-order valence-electron chi connectivity index (χ1n) is 10.0. The molecule has 3 heterocycles. The van der Waals surface area contributed by atoms with Crippen molar-refractivity contribution in [3.63, 3.8) is 0 Å². The van der Waals surface area contributed by atoms with Crippen LogP contribution in [-0.2, 0) is 11.3 Å². The van der Waals surface area contributed by atoms with Gasteiger partial charge >= 0.3 is 5.69 Å². The van der Waals surface area contributed by atoms with Gasteiger partial charge in [-0.3, -0.25) is 14.7 Å². The molecule has 0 bridgehead atoms. The Morgan fingerprint density at radius 1 is 1.25 bits per heavy atom. The summed E-state index contributed by atoms with van der Waals surface area (Å²) in [6.07, 6.45) is 4.50. The lowest BCUT2D eigenvalue weighted by Gasteiger charge is -2.29. The van der Waals surface area contributed by atoms with Crippen LogP contribution in [0.15, 0.2) is 34.1 Å². The van der Waals surface area contributed by atoms with Crippen molar-refractivity contribution >= 4 is 17.7 Å². The number of aliphatic imine (C=N–C) groups is 1. The molecule has 1 aromatic carbocycles. The number of anilines is 1. The highest BCUT2D eigenvalue weighted by Gasteiger charge is 2.34. The second-order valence-electron chi connectivity index (χ2n) is 7.89. The Kier molecular flexibility index (Phi) is 4.07. The first kappa shape index (κ1) is 17.2. The highest BCUT2D eigenvalue weighted by atomic mass is 16.2. The van der Waals surface area contributed by atoms with Crippen LogP contribution in [0, 0.1) is 5.92 Å². The lowest BCUT2D eigenvalue weighted by Crippen LogP contribution is -2.43. The fraction of sp³-hybridized carbons (Fsp3) is 0.500. The standard InChI is InChI=1S/C20H24N6O2/c1-13-6-2-4-8-15(13)22-17(27)12-25-20(28)26-16-9-5-3-7-14(16)18-21-10-11-24(18)19(26)23-25/h3,5,7,9,13,15H,2,4,6,8,10-12H2,1H3,(H,22,27)/t13-,15+/m0/s1. The number of nitrogens with one attached hydrogen (secondary N) is 1. The van der Waals surface area contributed by atoms with Crippen LogP contribution in [0.1, 0.15) is 38.2 Å². The van der Waals surface area contributed by atoms with Crippen molar-refractivity contribution in [1.29, 1.82) is 0 Å². The van der Waals surface area contributed by atoms with Crippen molar-refractivity contribution in [2.45, 2.75) is 45.2 Å². The zero-order chi connectivity index (χ0) is 19.3. The molecule has 2 aliphatic heterocycles. The number of benzene rings is 1. The number of aromatic nitrogens is 3. The van der Waals surface area contributed by atoms with E-state index in [9.17, 15) is 9.59 Å². The fourth-order valence-electron chi connectivity index (χ4n) is 4.53. The number of amides is 1. The van der Waals surface area contributed by atoms with Gasteiger partial charge in [0.15, 0.2) is 0 Å². The number of carbonyl (C=O) groups is 1. The van der Waals surface area contributed by atoms with Gasteiger partial charge in [0.05, 0.1) is 12.2 Å². The van der Waals surface area contributed by atoms with Gasteiger partial charge in [0, 0.05) is 18.2 Å². The summed E-state index contributed by atoms with van der Waals surface area (Å²) in [5.74, 6) is 1.71. The fourth-order valence-corrected chi connectivity index (χ4v) is 4.53. The first-order valence-corrected chi connectivity index (χ1v) is 10.0. The van der Waals surface area contributed by atoms with E-state index >= 15 is 0 Å². The topological polar surface area (TPSA) is 84.5 Å². The normalized spacial score (nSPS) is 22.9. The van der Waals surface area contributed by atoms with Gasteiger partial charge in [-0.25, -0.2) is 14.0 Å². The summed E-state index contributed by atoms with van der Waals surface area (Å²) in [5.41, 5.74) is 1.40. The molecule has 146 valence electrons. The van der Waals surface area contributed by atoms with E-state index in [-0.39, 0.29) is 24.2 Å². The van der Waals surface area contributed by atoms with E-state index in [1.54, 1.807) is 4.57 Å². The minimum Gasteiger partial charge on any atom is -0.351 e. The number of nitrogens with zero attached hydrogens (tertiary/aromatic N) is 5. The minimum atomic E-state index is -0.291. The number of amidine groups is 1. The van der Waals surface area contributed by atoms with E-state index in [0.29, 0.717) is 25.0 Å². The number of hydrogen-bond acceptors (Lipinski definition) is 5. The zero-order valence-corrected chi connectivity index (χ0v) is 16.0. The Labute approximate surface area is 162 Å². The largest absolute Gasteiger partial charge is 0.352 e. The zero-order valence-electron chi connectivity index (χ0n) is 16.0. The third-order valence-corrected chi connectivity index (χ3v) is 6.04. The van der Waals surface area contributed by atoms with Gasteiger partial charge in [-0.15, -0.1) is 5.10 Å². The molecule has 5 rings (SSSR count). The molecule has 0 unspecified atom stereocenters. The Hall–Kier alpha value is -2.90. The molecule has 8 heteroatoms. The third-order valence-electron chi connectivity index (χ3n) is 6.04. The van der Waals surface area contributed by atoms with Crippen LogP contribution in [0.5, 0.6) is 0 Å². The number of rotatable bonds is 3. The molecular weight excluding hydrogens is 356 g/mol. The van der Waals surface area contributed by atoms with Gasteiger partial charge in [0.2, 0.25) is 11.9 Å². The highest BCUT2D eigenvalue weighted by Crippen LogP contribution is 2.29. The van der Waals surface area contributed by atoms with E-state index in [0.717, 1.165) is 36.3 Å². The van der Waals surface area contributed by atoms with Gasteiger partial charge < -0.3 is 5.32 Å². The summed E-state index contributed by atoms with van der Waals surface area (Å²) < 4.78 is 2.87. The molecule has 0 radical (unpaired) electrons. The number of carbonyl (C=O) groups excluding carboxylic acids is 1. The third kappa shape index (κ3) is 2.66. The first-order chi connectivity index (χ1) is 13.6. The smallest absolute Gasteiger partial charge is 0.351 e. The Morgan fingerprint density at radius 2 is 2.07 bits per heavy atom.